The fourth-order valence-electron chi connectivity index (χ4n) is 6.18. The summed E-state index contributed by atoms with van der Waals surface area (Å²) in [5.74, 6) is -5.25. The van der Waals surface area contributed by atoms with Crippen molar-refractivity contribution in [3.05, 3.63) is 94.3 Å². The zero-order valence-electron chi connectivity index (χ0n) is 30.0. The second kappa shape index (κ2) is 18.1. The largest absolute Gasteiger partial charge is 0.471 e. The highest BCUT2D eigenvalue weighted by atomic mass is 19.3. The maximum Gasteiger partial charge on any atom is 0.357 e. The lowest BCUT2D eigenvalue weighted by molar-refractivity contribution is -0.151. The van der Waals surface area contributed by atoms with Crippen LogP contribution in [0.5, 0.6) is 11.8 Å². The van der Waals surface area contributed by atoms with Gasteiger partial charge in [-0.05, 0) is 79.1 Å². The van der Waals surface area contributed by atoms with Gasteiger partial charge in [-0.2, -0.15) is 17.6 Å². The van der Waals surface area contributed by atoms with Crippen molar-refractivity contribution in [1.82, 2.24) is 9.97 Å². The monoisotopic (exact) mass is 797 g/mol. The predicted molar refractivity (Wildman–Crippen MR) is 182 cm³/mol. The SMILES string of the molecule is CC1Cc2c(-c3ccc(F)cc3F)cc(C(N)=O)nc2OC1COC(F)F.CCOC(=O)c1cc(-c2ccc(F)cc2F)c2c(n1)OC(COC(F)F)C(C)C2. The van der Waals surface area contributed by atoms with Gasteiger partial charge in [0.1, 0.15) is 41.2 Å². The molecule has 56 heavy (non-hydrogen) atoms. The molecule has 0 bridgehead atoms. The van der Waals surface area contributed by atoms with Crippen LogP contribution >= 0.6 is 0 Å². The molecule has 4 atom stereocenters. The molecule has 1 amide bonds. The van der Waals surface area contributed by atoms with Gasteiger partial charge in [-0.25, -0.2) is 32.3 Å². The normalized spacial score (nSPS) is 18.6. The zero-order chi connectivity index (χ0) is 40.8. The highest BCUT2D eigenvalue weighted by Crippen LogP contribution is 2.40. The summed E-state index contributed by atoms with van der Waals surface area (Å²) in [6.07, 6.45) is -0.833. The van der Waals surface area contributed by atoms with Crippen molar-refractivity contribution in [1.29, 1.82) is 0 Å². The van der Waals surface area contributed by atoms with E-state index in [1.54, 1.807) is 20.8 Å². The van der Waals surface area contributed by atoms with Crippen LogP contribution in [0.2, 0.25) is 0 Å². The van der Waals surface area contributed by atoms with Crippen LogP contribution in [0.25, 0.3) is 22.3 Å². The average molecular weight is 798 g/mol. The molecule has 0 fully saturated rings. The summed E-state index contributed by atoms with van der Waals surface area (Å²) in [5.41, 5.74) is 6.63. The van der Waals surface area contributed by atoms with Crippen LogP contribution in [-0.2, 0) is 27.1 Å². The highest BCUT2D eigenvalue weighted by Gasteiger charge is 2.34. The molecule has 0 spiro atoms. The molecule has 0 aliphatic carbocycles. The van der Waals surface area contributed by atoms with E-state index in [9.17, 15) is 44.7 Å². The minimum absolute atomic E-state index is 0.00834. The number of hydrogen-bond acceptors (Lipinski definition) is 9. The highest BCUT2D eigenvalue weighted by molar-refractivity contribution is 5.93. The fourth-order valence-corrected chi connectivity index (χ4v) is 6.18. The number of amides is 1. The molecular formula is C38H35F8N3O7. The number of rotatable bonds is 11. The molecule has 4 aromatic rings. The first kappa shape index (κ1) is 41.8. The number of alkyl halides is 4. The molecule has 2 N–H and O–H groups in total. The Balaban J connectivity index is 0.000000215. The smallest absolute Gasteiger partial charge is 0.357 e. The molecule has 2 aliphatic heterocycles. The summed E-state index contributed by atoms with van der Waals surface area (Å²) in [5, 5.41) is 0. The van der Waals surface area contributed by atoms with Crippen LogP contribution in [-0.4, -0.2) is 67.1 Å². The van der Waals surface area contributed by atoms with Crippen LogP contribution in [0.15, 0.2) is 48.5 Å². The third-order valence-electron chi connectivity index (χ3n) is 8.97. The van der Waals surface area contributed by atoms with Gasteiger partial charge in [0.25, 0.3) is 5.91 Å². The van der Waals surface area contributed by atoms with Crippen molar-refractivity contribution in [3.8, 4) is 34.0 Å². The van der Waals surface area contributed by atoms with Crippen LogP contribution in [0.4, 0.5) is 35.1 Å². The van der Waals surface area contributed by atoms with E-state index >= 15 is 0 Å². The van der Waals surface area contributed by atoms with Gasteiger partial charge in [-0.1, -0.05) is 13.8 Å². The molecule has 300 valence electrons. The zero-order valence-corrected chi connectivity index (χ0v) is 30.0. The van der Waals surface area contributed by atoms with E-state index < -0.39 is 60.6 Å². The Hall–Kier alpha value is -5.36. The number of fused-ring (bicyclic) bond motifs is 2. The number of halogens is 8. The summed E-state index contributed by atoms with van der Waals surface area (Å²) in [7, 11) is 0. The minimum atomic E-state index is -2.95. The number of ether oxygens (including phenoxy) is 5. The Morgan fingerprint density at radius 1 is 0.714 bits per heavy atom. The van der Waals surface area contributed by atoms with Gasteiger partial charge in [0.15, 0.2) is 5.69 Å². The Morgan fingerprint density at radius 3 is 1.54 bits per heavy atom. The van der Waals surface area contributed by atoms with Crippen molar-refractivity contribution >= 4 is 11.9 Å². The Bertz CT molecular complexity index is 2070. The molecule has 18 heteroatoms. The number of esters is 1. The standard InChI is InChI=1S/C20H19F4NO4.C18H16F4N2O3/c1-3-27-19(26)16-8-13(12-5-4-11(21)7-15(12)22)14-6-10(2)17(9-28-20(23)24)29-18(14)25-16;1-8-4-12-11(10-3-2-9(19)5-13(10)20)6-14(16(23)25)24-17(12)27-15(8)7-26-18(21)22/h4-5,7-8,10,17,20H,3,6,9H2,1-2H3;2-3,5-6,8,15,18H,4,7H2,1H3,(H2,23,25). The lowest BCUT2D eigenvalue weighted by atomic mass is 9.88. The van der Waals surface area contributed by atoms with Crippen LogP contribution in [0.1, 0.15) is 52.9 Å². The van der Waals surface area contributed by atoms with E-state index in [-0.39, 0.29) is 71.5 Å². The molecule has 10 nitrogen and oxygen atoms in total. The van der Waals surface area contributed by atoms with Gasteiger partial charge in [0, 0.05) is 34.4 Å². The number of pyridine rings is 2. The van der Waals surface area contributed by atoms with Crippen LogP contribution in [0, 0.1) is 35.1 Å². The second-order valence-electron chi connectivity index (χ2n) is 12.9. The molecule has 0 saturated carbocycles. The van der Waals surface area contributed by atoms with E-state index in [0.717, 1.165) is 24.3 Å². The number of aromatic nitrogens is 2. The van der Waals surface area contributed by atoms with Crippen LogP contribution < -0.4 is 15.2 Å². The van der Waals surface area contributed by atoms with Crippen LogP contribution in [0.3, 0.4) is 0 Å². The second-order valence-corrected chi connectivity index (χ2v) is 12.9. The van der Waals surface area contributed by atoms with Crippen molar-refractivity contribution in [2.45, 2.75) is 59.0 Å². The summed E-state index contributed by atoms with van der Waals surface area (Å²) in [6, 6.07) is 8.80. The van der Waals surface area contributed by atoms with E-state index in [1.807, 2.05) is 0 Å². The number of carbonyl (C=O) groups excluding carboxylic acids is 2. The number of benzene rings is 2. The van der Waals surface area contributed by atoms with Gasteiger partial charge in [-0.15, -0.1) is 0 Å². The number of nitrogens with zero attached hydrogens (tertiary/aromatic N) is 2. The van der Waals surface area contributed by atoms with E-state index in [4.69, 9.17) is 19.9 Å². The molecule has 0 radical (unpaired) electrons. The minimum Gasteiger partial charge on any atom is -0.471 e. The van der Waals surface area contributed by atoms with Gasteiger partial charge >= 0.3 is 19.2 Å². The van der Waals surface area contributed by atoms with Gasteiger partial charge in [-0.3, -0.25) is 4.79 Å². The maximum atomic E-state index is 14.4. The first-order valence-corrected chi connectivity index (χ1v) is 17.1. The topological polar surface area (TPSA) is 132 Å². The van der Waals surface area contributed by atoms with E-state index in [1.165, 1.54) is 24.3 Å². The van der Waals surface area contributed by atoms with Crippen molar-refractivity contribution < 1.29 is 68.4 Å². The molecule has 2 aliphatic rings. The molecular weight excluding hydrogens is 762 g/mol. The fraction of sp³-hybridized carbons (Fsp3) is 0.368. The van der Waals surface area contributed by atoms with Gasteiger partial charge in [0.05, 0.1) is 19.8 Å². The van der Waals surface area contributed by atoms with E-state index in [0.29, 0.717) is 29.5 Å². The third-order valence-corrected chi connectivity index (χ3v) is 8.97. The summed E-state index contributed by atoms with van der Waals surface area (Å²) < 4.78 is 130. The molecule has 4 unspecified atom stereocenters. The molecule has 2 aromatic carbocycles. The van der Waals surface area contributed by atoms with Crippen molar-refractivity contribution in [3.63, 3.8) is 0 Å². The average Bonchev–Trinajstić information content (AvgIpc) is 3.13. The Kier molecular flexibility index (Phi) is 13.5. The predicted octanol–water partition coefficient (Wildman–Crippen LogP) is 7.69. The summed E-state index contributed by atoms with van der Waals surface area (Å²) in [6.45, 7) is -1.40. The first-order valence-electron chi connectivity index (χ1n) is 17.1. The lowest BCUT2D eigenvalue weighted by Crippen LogP contribution is -2.36. The van der Waals surface area contributed by atoms with Crippen molar-refractivity contribution in [2.75, 3.05) is 19.8 Å². The number of primary amides is 1. The third kappa shape index (κ3) is 9.89. The quantitative estimate of drug-likeness (QED) is 0.120. The van der Waals surface area contributed by atoms with E-state index in [2.05, 4.69) is 19.4 Å². The summed E-state index contributed by atoms with van der Waals surface area (Å²) in [4.78, 5) is 32.0. The van der Waals surface area contributed by atoms with Gasteiger partial charge in [0.2, 0.25) is 11.8 Å². The Morgan fingerprint density at radius 2 is 1.14 bits per heavy atom. The lowest BCUT2D eigenvalue weighted by Gasteiger charge is -2.32. The molecule has 2 aromatic heterocycles. The number of carbonyl (C=O) groups is 2. The molecule has 0 saturated heterocycles. The molecule has 6 rings (SSSR count). The summed E-state index contributed by atoms with van der Waals surface area (Å²) >= 11 is 0. The molecule has 4 heterocycles. The van der Waals surface area contributed by atoms with Gasteiger partial charge < -0.3 is 29.4 Å². The Labute approximate surface area is 314 Å². The first-order chi connectivity index (χ1) is 26.6. The number of nitrogens with two attached hydrogens (primary N) is 1. The van der Waals surface area contributed by atoms with Crippen molar-refractivity contribution in [2.24, 2.45) is 17.6 Å². The maximum absolute atomic E-state index is 14.4. The number of hydrogen-bond donors (Lipinski definition) is 1.